The molecule has 0 saturated carbocycles. The van der Waals surface area contributed by atoms with Gasteiger partial charge in [0.2, 0.25) is 5.75 Å². The van der Waals surface area contributed by atoms with Crippen molar-refractivity contribution < 1.29 is 69.4 Å². The van der Waals surface area contributed by atoms with Crippen molar-refractivity contribution in [1.82, 2.24) is 0 Å². The first-order valence-corrected chi connectivity index (χ1v) is 43.7. The van der Waals surface area contributed by atoms with E-state index in [0.29, 0.717) is 68.8 Å². The minimum absolute atomic E-state index is 0.0301. The summed E-state index contributed by atoms with van der Waals surface area (Å²) in [4.78, 5) is 22.7. The van der Waals surface area contributed by atoms with Crippen LogP contribution in [0.4, 0.5) is 28.4 Å². The van der Waals surface area contributed by atoms with Crippen LogP contribution in [0.1, 0.15) is 160 Å². The summed E-state index contributed by atoms with van der Waals surface area (Å²) in [5.41, 5.74) is 8.18. The Hall–Kier alpha value is -7.37. The van der Waals surface area contributed by atoms with E-state index in [1.54, 1.807) is 31.4 Å². The zero-order valence-electron chi connectivity index (χ0n) is 66.3. The number of nitrogens with zero attached hydrogens (tertiary/aromatic N) is 5. The second-order valence-corrected chi connectivity index (χ2v) is 32.8. The van der Waals surface area contributed by atoms with E-state index in [2.05, 4.69) is 108 Å². The lowest BCUT2D eigenvalue weighted by atomic mass is 10.1. The number of carbonyl (C=O) groups excluding carboxylic acids is 1. The lowest BCUT2D eigenvalue weighted by molar-refractivity contribution is -0.147. The molecule has 602 valence electrons. The van der Waals surface area contributed by atoms with Crippen molar-refractivity contribution in [2.75, 3.05) is 186 Å². The Labute approximate surface area is 649 Å². The molecule has 0 aliphatic carbocycles. The summed E-state index contributed by atoms with van der Waals surface area (Å²) in [7, 11) is -4.05. The Morgan fingerprint density at radius 1 is 0.454 bits per heavy atom. The van der Waals surface area contributed by atoms with Crippen LogP contribution in [-0.4, -0.2) is 196 Å². The Morgan fingerprint density at radius 2 is 0.861 bits per heavy atom. The quantitative estimate of drug-likeness (QED) is 0.0222. The molecule has 1 N–H and O–H groups in total. The fourth-order valence-electron chi connectivity index (χ4n) is 12.8. The molecule has 108 heavy (non-hydrogen) atoms. The molecule has 5 fully saturated rings. The number of morpholine rings is 2. The predicted octanol–water partition coefficient (Wildman–Crippen LogP) is 16.1. The van der Waals surface area contributed by atoms with Crippen LogP contribution in [0.5, 0.6) is 34.5 Å². The average Bonchev–Trinajstić information content (AvgIpc) is 0.808. The molecule has 5 heterocycles. The van der Waals surface area contributed by atoms with E-state index in [9.17, 15) is 26.7 Å². The van der Waals surface area contributed by atoms with Crippen LogP contribution in [0.3, 0.4) is 0 Å². The van der Waals surface area contributed by atoms with Crippen LogP contribution < -0.4 is 52.9 Å². The number of hydrogen-bond acceptors (Lipinski definition) is 20. The summed E-state index contributed by atoms with van der Waals surface area (Å²) in [6.45, 7) is 32.1. The van der Waals surface area contributed by atoms with Crippen molar-refractivity contribution in [3.8, 4) is 34.5 Å². The first-order chi connectivity index (χ1) is 52.5. The Balaban J connectivity index is 0.000000213. The lowest BCUT2D eigenvalue weighted by Crippen LogP contribution is -2.40. The number of benzene rings is 5. The zero-order chi connectivity index (χ0) is 77.5. The second kappa shape index (κ2) is 51.9. The number of rotatable bonds is 38. The van der Waals surface area contributed by atoms with Crippen LogP contribution in [0.15, 0.2) is 128 Å². The molecule has 0 amide bonds. The van der Waals surface area contributed by atoms with E-state index in [1.807, 2.05) is 55.1 Å². The maximum atomic E-state index is 11.5. The molecule has 5 aliphatic rings. The van der Waals surface area contributed by atoms with Gasteiger partial charge < -0.3 is 72.2 Å². The summed E-state index contributed by atoms with van der Waals surface area (Å²) in [5.74, 6) is 5.20. The molecule has 0 bridgehead atoms. The van der Waals surface area contributed by atoms with Gasteiger partial charge in [-0.1, -0.05) is 147 Å². The van der Waals surface area contributed by atoms with Crippen LogP contribution in [0, 0.1) is 13.8 Å². The minimum Gasteiger partial charge on any atom is -0.494 e. The number of anilines is 5. The van der Waals surface area contributed by atoms with Gasteiger partial charge in [-0.2, -0.15) is 0 Å². The summed E-state index contributed by atoms with van der Waals surface area (Å²) in [6.07, 6.45) is 27.0. The smallest absolute Gasteiger partial charge is 0.305 e. The highest BCUT2D eigenvalue weighted by Gasteiger charge is 2.24. The molecule has 22 heteroatoms. The molecular weight excluding hydrogens is 1410 g/mol. The highest BCUT2D eigenvalue weighted by Crippen LogP contribution is 2.42. The maximum absolute atomic E-state index is 11.5. The van der Waals surface area contributed by atoms with Gasteiger partial charge in [-0.25, -0.2) is 16.8 Å². The minimum atomic E-state index is -2.90. The normalized spacial score (nSPS) is 16.2. The van der Waals surface area contributed by atoms with Crippen molar-refractivity contribution >= 4 is 54.1 Å². The molecule has 1 atom stereocenters. The van der Waals surface area contributed by atoms with Crippen LogP contribution in [0.2, 0.25) is 0 Å². The van der Waals surface area contributed by atoms with Gasteiger partial charge in [0.25, 0.3) is 0 Å². The maximum Gasteiger partial charge on any atom is 0.305 e. The van der Waals surface area contributed by atoms with E-state index >= 15 is 0 Å². The molecule has 5 aliphatic heterocycles. The number of unbranched alkanes of at least 4 members (excludes halogenated alkanes) is 13. The largest absolute Gasteiger partial charge is 0.494 e. The molecule has 5 saturated heterocycles. The average molecular weight is 1540 g/mol. The summed E-state index contributed by atoms with van der Waals surface area (Å²) >= 11 is 0. The number of esters is 1. The molecular formula is C86H131N5O15S2. The van der Waals surface area contributed by atoms with Crippen molar-refractivity contribution in [3.63, 3.8) is 0 Å². The van der Waals surface area contributed by atoms with Crippen molar-refractivity contribution in [1.29, 1.82) is 0 Å². The summed E-state index contributed by atoms with van der Waals surface area (Å²) < 4.78 is 95.5. The highest BCUT2D eigenvalue weighted by molar-refractivity contribution is 7.91. The van der Waals surface area contributed by atoms with E-state index in [0.717, 1.165) is 127 Å². The number of methoxy groups -OCH3 is 1. The number of aliphatic hydroxyl groups is 1. The van der Waals surface area contributed by atoms with Gasteiger partial charge in [0.1, 0.15) is 49.8 Å². The van der Waals surface area contributed by atoms with Gasteiger partial charge in [0.15, 0.2) is 31.2 Å². The standard InChI is InChI=1S/C22H37NO2.C18H27NO6S.C18H25NO3.C17H27NO2.C11H15NO2S/c1-2-3-4-5-6-7-8-9-10-11-18-25-22-14-12-21(13-15-22)23-16-19-24-20-17-23;1-2-3-4-18(21)25-14-16(20)13-24-17-7-5-15(6-8-17)19-9-11-26(22,23)12-10-19;1-4-11-21-16-13-15(19-9-7-6-8-10-19)14-17(18(16)20-3)22-12-5-2;1-3-4-5-6-11-20-17-8-7-16(14-15(17)2)18-9-12-19-13-10-18;1-10-2-4-11(5-3-10)12-6-8-15(13,14)9-7-12/h12-15H,2-11,16-20H2,1H3;5-8,16,20H,2-4,9-14H2,1H3;4-5,13-14H,1-2,6-12H2,3H3;7-8,14H,3-6,9-13H2,1-2H3;2-5H,6-9H2,1H3. The number of ether oxygens (including phenoxy) is 9. The first-order valence-electron chi connectivity index (χ1n) is 40.1. The zero-order valence-corrected chi connectivity index (χ0v) is 67.9. The lowest BCUT2D eigenvalue weighted by Gasteiger charge is -2.30. The van der Waals surface area contributed by atoms with Crippen molar-refractivity contribution in [2.45, 2.75) is 169 Å². The van der Waals surface area contributed by atoms with E-state index in [4.69, 9.17) is 42.6 Å². The van der Waals surface area contributed by atoms with Gasteiger partial charge in [-0.05, 0) is 137 Å². The van der Waals surface area contributed by atoms with Crippen LogP contribution in [0.25, 0.3) is 0 Å². The number of aryl methyl sites for hydroxylation is 2. The van der Waals surface area contributed by atoms with Gasteiger partial charge >= 0.3 is 5.97 Å². The monoisotopic (exact) mass is 1540 g/mol. The highest BCUT2D eigenvalue weighted by atomic mass is 32.2. The Morgan fingerprint density at radius 3 is 1.32 bits per heavy atom. The molecule has 1 unspecified atom stereocenters. The van der Waals surface area contributed by atoms with Gasteiger partial charge in [-0.3, -0.25) is 4.79 Å². The third kappa shape index (κ3) is 35.1. The topological polar surface area (TPSA) is 205 Å². The number of hydrogen-bond donors (Lipinski definition) is 1. The third-order valence-corrected chi connectivity index (χ3v) is 22.5. The van der Waals surface area contributed by atoms with E-state index in [-0.39, 0.29) is 42.2 Å². The third-order valence-electron chi connectivity index (χ3n) is 19.3. The number of sulfone groups is 2. The molecule has 10 rings (SSSR count). The summed E-state index contributed by atoms with van der Waals surface area (Å²) in [5, 5.41) is 9.83. The summed E-state index contributed by atoms with van der Waals surface area (Å²) in [6, 6.07) is 34.6. The molecule has 0 spiro atoms. The fourth-order valence-corrected chi connectivity index (χ4v) is 15.2. The van der Waals surface area contributed by atoms with Gasteiger partial charge in [0.05, 0.1) is 69.8 Å². The number of aliphatic hydroxyl groups excluding tert-OH is 1. The first kappa shape index (κ1) is 89.5. The predicted molar refractivity (Wildman–Crippen MR) is 442 cm³/mol. The van der Waals surface area contributed by atoms with Gasteiger partial charge in [0, 0.05) is 112 Å². The Bertz CT molecular complexity index is 3450. The second-order valence-electron chi connectivity index (χ2n) is 28.2. The fraction of sp³-hybridized carbons (Fsp3) is 0.593. The van der Waals surface area contributed by atoms with Crippen LogP contribution in [-0.2, 0) is 38.7 Å². The molecule has 20 nitrogen and oxygen atoms in total. The van der Waals surface area contributed by atoms with Crippen molar-refractivity contribution in [2.24, 2.45) is 0 Å². The molecule has 0 aromatic heterocycles. The Kier molecular flexibility index (Phi) is 43.0. The SMILES string of the molecule is C=CCOc1cc(N2CCCCC2)cc(OCC=C)c1OC.CCCCC(=O)OCC(O)COc1ccc(N2CCS(=O)(=O)CC2)cc1.CCCCCCCCCCCCOc1ccc(N2CCOCC2)cc1.CCCCCCOc1ccc(N2CCOCC2)cc1C.Cc1ccc(N2CCS(=O)(=O)CC2)cc1. The van der Waals surface area contributed by atoms with E-state index < -0.39 is 25.8 Å². The molecule has 5 aromatic rings. The van der Waals surface area contributed by atoms with Crippen LogP contribution >= 0.6 is 0 Å². The molecule has 0 radical (unpaired) electrons. The molecule has 5 aromatic carbocycles. The number of piperidine rings is 1. The van der Waals surface area contributed by atoms with Gasteiger partial charge in [-0.15, -0.1) is 0 Å². The van der Waals surface area contributed by atoms with Crippen molar-refractivity contribution in [3.05, 3.63) is 140 Å². The number of carbonyl (C=O) groups is 1. The van der Waals surface area contributed by atoms with E-state index in [1.165, 1.54) is 125 Å².